The highest BCUT2D eigenvalue weighted by atomic mass is 16.5. The standard InChI is InChI=1S/C7H16N2O2/c1-11-7-5(9)2-4(8)3-6(7)10/h4-7,10H,2-3,8-9H2,1H3/t4-,5+,6-,7-/m1/s1. The summed E-state index contributed by atoms with van der Waals surface area (Å²) in [5.74, 6) is 0. The van der Waals surface area contributed by atoms with Crippen molar-refractivity contribution in [2.45, 2.75) is 37.1 Å². The molecule has 1 saturated carbocycles. The first-order valence-corrected chi connectivity index (χ1v) is 3.87. The highest BCUT2D eigenvalue weighted by Crippen LogP contribution is 2.18. The lowest BCUT2D eigenvalue weighted by Crippen LogP contribution is -2.53. The van der Waals surface area contributed by atoms with Crippen molar-refractivity contribution >= 4 is 0 Å². The lowest BCUT2D eigenvalue weighted by Gasteiger charge is -2.35. The fraction of sp³-hybridized carbons (Fsp3) is 1.00. The Kier molecular flexibility index (Phi) is 2.84. The predicted molar refractivity (Wildman–Crippen MR) is 42.0 cm³/mol. The van der Waals surface area contributed by atoms with Gasteiger partial charge in [0.1, 0.15) is 0 Å². The van der Waals surface area contributed by atoms with Gasteiger partial charge in [-0.1, -0.05) is 0 Å². The highest BCUT2D eigenvalue weighted by Gasteiger charge is 2.33. The van der Waals surface area contributed by atoms with E-state index in [4.69, 9.17) is 16.2 Å². The quantitative estimate of drug-likeness (QED) is 0.450. The summed E-state index contributed by atoms with van der Waals surface area (Å²) < 4.78 is 5.03. The summed E-state index contributed by atoms with van der Waals surface area (Å²) in [5, 5.41) is 9.42. The summed E-state index contributed by atoms with van der Waals surface area (Å²) >= 11 is 0. The number of ether oxygens (including phenoxy) is 1. The first-order chi connectivity index (χ1) is 5.15. The van der Waals surface area contributed by atoms with Gasteiger partial charge in [0, 0.05) is 19.2 Å². The molecule has 0 spiro atoms. The first kappa shape index (κ1) is 8.93. The zero-order chi connectivity index (χ0) is 8.43. The fourth-order valence-electron chi connectivity index (χ4n) is 1.64. The Hall–Kier alpha value is -0.160. The van der Waals surface area contributed by atoms with Crippen molar-refractivity contribution in [2.75, 3.05) is 7.11 Å². The molecule has 1 aliphatic carbocycles. The molecule has 0 unspecified atom stereocenters. The van der Waals surface area contributed by atoms with Crippen molar-refractivity contribution in [3.8, 4) is 0 Å². The minimum Gasteiger partial charge on any atom is -0.390 e. The molecule has 1 fully saturated rings. The minimum atomic E-state index is -0.501. The van der Waals surface area contributed by atoms with Crippen LogP contribution < -0.4 is 11.5 Å². The van der Waals surface area contributed by atoms with Crippen LogP contribution in [0, 0.1) is 0 Å². The zero-order valence-electron chi connectivity index (χ0n) is 6.73. The average molecular weight is 160 g/mol. The van der Waals surface area contributed by atoms with Crippen LogP contribution in [0.2, 0.25) is 0 Å². The lowest BCUT2D eigenvalue weighted by molar-refractivity contribution is -0.0512. The normalized spacial score (nSPS) is 45.8. The van der Waals surface area contributed by atoms with Crippen LogP contribution in [0.15, 0.2) is 0 Å². The molecule has 11 heavy (non-hydrogen) atoms. The van der Waals surface area contributed by atoms with Gasteiger partial charge in [-0.3, -0.25) is 0 Å². The summed E-state index contributed by atoms with van der Waals surface area (Å²) in [7, 11) is 1.56. The molecule has 0 saturated heterocycles. The van der Waals surface area contributed by atoms with Crippen molar-refractivity contribution < 1.29 is 9.84 Å². The molecule has 0 aromatic rings. The smallest absolute Gasteiger partial charge is 0.0981 e. The molecule has 5 N–H and O–H groups in total. The second kappa shape index (κ2) is 3.49. The van der Waals surface area contributed by atoms with Crippen molar-refractivity contribution in [2.24, 2.45) is 11.5 Å². The van der Waals surface area contributed by atoms with E-state index >= 15 is 0 Å². The average Bonchev–Trinajstić information content (AvgIpc) is 1.85. The Labute approximate surface area is 66.5 Å². The molecular formula is C7H16N2O2. The van der Waals surface area contributed by atoms with Gasteiger partial charge in [0.25, 0.3) is 0 Å². The Bertz CT molecular complexity index is 120. The fourth-order valence-corrected chi connectivity index (χ4v) is 1.64. The van der Waals surface area contributed by atoms with Crippen LogP contribution in [0.1, 0.15) is 12.8 Å². The molecule has 0 radical (unpaired) electrons. The number of aliphatic hydroxyl groups excluding tert-OH is 1. The Morgan fingerprint density at radius 2 is 2.00 bits per heavy atom. The number of hydrogen-bond acceptors (Lipinski definition) is 4. The van der Waals surface area contributed by atoms with Crippen LogP contribution in [-0.4, -0.2) is 36.5 Å². The van der Waals surface area contributed by atoms with E-state index in [1.165, 1.54) is 0 Å². The second-order valence-electron chi connectivity index (χ2n) is 3.16. The van der Waals surface area contributed by atoms with Gasteiger partial charge in [-0.15, -0.1) is 0 Å². The van der Waals surface area contributed by atoms with Gasteiger partial charge in [-0.05, 0) is 12.8 Å². The maximum absolute atomic E-state index is 9.42. The van der Waals surface area contributed by atoms with Gasteiger partial charge in [-0.2, -0.15) is 0 Å². The maximum atomic E-state index is 9.42. The van der Waals surface area contributed by atoms with E-state index in [0.717, 1.165) is 6.42 Å². The molecule has 0 aromatic heterocycles. The molecule has 0 aliphatic heterocycles. The van der Waals surface area contributed by atoms with E-state index in [2.05, 4.69) is 0 Å². The molecule has 66 valence electrons. The lowest BCUT2D eigenvalue weighted by atomic mass is 9.87. The Morgan fingerprint density at radius 3 is 2.45 bits per heavy atom. The molecule has 0 aromatic carbocycles. The molecule has 0 bridgehead atoms. The topological polar surface area (TPSA) is 81.5 Å². The number of nitrogens with two attached hydrogens (primary N) is 2. The Morgan fingerprint density at radius 1 is 1.36 bits per heavy atom. The molecule has 4 nitrogen and oxygen atoms in total. The van der Waals surface area contributed by atoms with E-state index < -0.39 is 6.10 Å². The molecule has 4 atom stereocenters. The molecular weight excluding hydrogens is 144 g/mol. The van der Waals surface area contributed by atoms with Gasteiger partial charge >= 0.3 is 0 Å². The van der Waals surface area contributed by atoms with Crippen molar-refractivity contribution in [1.29, 1.82) is 0 Å². The highest BCUT2D eigenvalue weighted by molar-refractivity contribution is 4.90. The minimum absolute atomic E-state index is 0.0198. The van der Waals surface area contributed by atoms with Crippen LogP contribution in [0.4, 0.5) is 0 Å². The second-order valence-corrected chi connectivity index (χ2v) is 3.16. The number of methoxy groups -OCH3 is 1. The molecule has 0 amide bonds. The molecule has 0 heterocycles. The van der Waals surface area contributed by atoms with Crippen LogP contribution in [0.5, 0.6) is 0 Å². The van der Waals surface area contributed by atoms with Gasteiger partial charge in [0.05, 0.1) is 12.2 Å². The van der Waals surface area contributed by atoms with Crippen molar-refractivity contribution in [3.63, 3.8) is 0 Å². The third-order valence-corrected chi connectivity index (χ3v) is 2.19. The molecule has 4 heteroatoms. The Balaban J connectivity index is 2.52. The van der Waals surface area contributed by atoms with E-state index in [9.17, 15) is 5.11 Å². The monoisotopic (exact) mass is 160 g/mol. The summed E-state index contributed by atoms with van der Waals surface area (Å²) in [4.78, 5) is 0. The number of rotatable bonds is 1. The van der Waals surface area contributed by atoms with Crippen LogP contribution in [0.25, 0.3) is 0 Å². The SMILES string of the molecule is CO[C@H]1[C@H](O)C[C@H](N)C[C@@H]1N. The zero-order valence-corrected chi connectivity index (χ0v) is 6.73. The van der Waals surface area contributed by atoms with Gasteiger partial charge in [0.2, 0.25) is 0 Å². The summed E-state index contributed by atoms with van der Waals surface area (Å²) in [6.07, 6.45) is 0.579. The van der Waals surface area contributed by atoms with Gasteiger partial charge in [0.15, 0.2) is 0 Å². The summed E-state index contributed by atoms with van der Waals surface area (Å²) in [6, 6.07) is -0.106. The third-order valence-electron chi connectivity index (χ3n) is 2.19. The van der Waals surface area contributed by atoms with E-state index in [-0.39, 0.29) is 18.2 Å². The summed E-state index contributed by atoms with van der Waals surface area (Å²) in [5.41, 5.74) is 11.3. The number of hydrogen-bond donors (Lipinski definition) is 3. The van der Waals surface area contributed by atoms with Crippen LogP contribution >= 0.6 is 0 Å². The van der Waals surface area contributed by atoms with E-state index in [1.54, 1.807) is 7.11 Å². The largest absolute Gasteiger partial charge is 0.390 e. The van der Waals surface area contributed by atoms with Crippen molar-refractivity contribution in [1.82, 2.24) is 0 Å². The van der Waals surface area contributed by atoms with Crippen LogP contribution in [-0.2, 0) is 4.74 Å². The molecule has 1 aliphatic rings. The van der Waals surface area contributed by atoms with Gasteiger partial charge in [-0.25, -0.2) is 0 Å². The predicted octanol–water partition coefficient (Wildman–Crippen LogP) is -1.19. The van der Waals surface area contributed by atoms with Crippen molar-refractivity contribution in [3.05, 3.63) is 0 Å². The third kappa shape index (κ3) is 1.90. The first-order valence-electron chi connectivity index (χ1n) is 3.87. The van der Waals surface area contributed by atoms with E-state index in [1.807, 2.05) is 0 Å². The number of aliphatic hydroxyl groups is 1. The maximum Gasteiger partial charge on any atom is 0.0981 e. The molecule has 1 rings (SSSR count). The van der Waals surface area contributed by atoms with E-state index in [0.29, 0.717) is 6.42 Å². The van der Waals surface area contributed by atoms with Gasteiger partial charge < -0.3 is 21.3 Å². The van der Waals surface area contributed by atoms with Crippen LogP contribution in [0.3, 0.4) is 0 Å². The summed E-state index contributed by atoms with van der Waals surface area (Å²) in [6.45, 7) is 0.